The molecule has 0 aliphatic carbocycles. The van der Waals surface area contributed by atoms with E-state index >= 15 is 0 Å². The Kier molecular flexibility index (Phi) is 5.26. The van der Waals surface area contributed by atoms with Gasteiger partial charge in [-0.25, -0.2) is 4.83 Å². The van der Waals surface area contributed by atoms with Gasteiger partial charge in [0.25, 0.3) is 10.0 Å². The first kappa shape index (κ1) is 17.7. The van der Waals surface area contributed by atoms with E-state index in [4.69, 9.17) is 34.8 Å². The van der Waals surface area contributed by atoms with Crippen LogP contribution in [0, 0.1) is 0 Å². The van der Waals surface area contributed by atoms with Gasteiger partial charge in [0.1, 0.15) is 10.8 Å². The molecule has 0 aliphatic heterocycles. The molecule has 2 aromatic carbocycles. The molecule has 0 fully saturated rings. The van der Waals surface area contributed by atoms with Crippen LogP contribution in [0.1, 0.15) is 5.56 Å². The van der Waals surface area contributed by atoms with Gasteiger partial charge in [-0.15, -0.1) is 0 Å². The minimum Gasteiger partial charge on any atom is -0.506 e. The largest absolute Gasteiger partial charge is 0.506 e. The molecule has 23 heavy (non-hydrogen) atoms. The van der Waals surface area contributed by atoms with Crippen LogP contribution in [-0.2, 0) is 10.0 Å². The van der Waals surface area contributed by atoms with Crippen molar-refractivity contribution >= 4 is 51.0 Å². The second-order valence-electron chi connectivity index (χ2n) is 4.27. The Morgan fingerprint density at radius 2 is 1.65 bits per heavy atom. The monoisotopic (exact) mass is 394 g/mol. The van der Waals surface area contributed by atoms with Crippen molar-refractivity contribution < 1.29 is 18.6 Å². The molecule has 0 heterocycles. The summed E-state index contributed by atoms with van der Waals surface area (Å²) in [5.74, 6) is -0.965. The van der Waals surface area contributed by atoms with E-state index in [0.29, 0.717) is 5.02 Å². The fraction of sp³-hybridized carbons (Fsp3) is 0. The van der Waals surface area contributed by atoms with Crippen LogP contribution in [0.4, 0.5) is 0 Å². The molecular formula is C13H9Cl3N2O4S. The van der Waals surface area contributed by atoms with Gasteiger partial charge < -0.3 is 10.2 Å². The number of hydrogen-bond donors (Lipinski definition) is 3. The number of halogens is 3. The van der Waals surface area contributed by atoms with E-state index in [0.717, 1.165) is 6.21 Å². The number of phenols is 2. The van der Waals surface area contributed by atoms with E-state index in [1.165, 1.54) is 30.3 Å². The van der Waals surface area contributed by atoms with Crippen molar-refractivity contribution in [3.05, 3.63) is 51.0 Å². The Bertz CT molecular complexity index is 868. The maximum Gasteiger partial charge on any atom is 0.276 e. The van der Waals surface area contributed by atoms with Crippen molar-refractivity contribution in [1.82, 2.24) is 4.83 Å². The zero-order valence-corrected chi connectivity index (χ0v) is 14.2. The highest BCUT2D eigenvalue weighted by atomic mass is 35.5. The molecule has 0 saturated heterocycles. The third-order valence-corrected chi connectivity index (χ3v) is 4.83. The van der Waals surface area contributed by atoms with E-state index in [1.807, 2.05) is 4.83 Å². The second kappa shape index (κ2) is 6.84. The Morgan fingerprint density at radius 1 is 1.04 bits per heavy atom. The molecule has 2 aromatic rings. The van der Waals surface area contributed by atoms with Crippen molar-refractivity contribution in [2.24, 2.45) is 5.10 Å². The van der Waals surface area contributed by atoms with Gasteiger partial charge in [0.05, 0.1) is 16.1 Å². The molecule has 0 aromatic heterocycles. The number of nitrogens with one attached hydrogen (secondary N) is 1. The van der Waals surface area contributed by atoms with Crippen LogP contribution in [-0.4, -0.2) is 24.8 Å². The summed E-state index contributed by atoms with van der Waals surface area (Å²) in [6.45, 7) is 0. The molecule has 0 spiro atoms. The predicted molar refractivity (Wildman–Crippen MR) is 89.2 cm³/mol. The highest BCUT2D eigenvalue weighted by Gasteiger charge is 2.15. The van der Waals surface area contributed by atoms with Crippen LogP contribution in [0.2, 0.25) is 15.1 Å². The number of sulfonamides is 1. The third-order valence-electron chi connectivity index (χ3n) is 2.70. The van der Waals surface area contributed by atoms with E-state index < -0.39 is 21.5 Å². The Balaban J connectivity index is 2.24. The lowest BCUT2D eigenvalue weighted by atomic mass is 10.2. The van der Waals surface area contributed by atoms with Gasteiger partial charge >= 0.3 is 0 Å². The number of aromatic hydroxyl groups is 2. The summed E-state index contributed by atoms with van der Waals surface area (Å²) >= 11 is 17.1. The van der Waals surface area contributed by atoms with Gasteiger partial charge in [0.15, 0.2) is 5.75 Å². The molecule has 3 N–H and O–H groups in total. The first-order valence-corrected chi connectivity index (χ1v) is 8.54. The van der Waals surface area contributed by atoms with E-state index in [9.17, 15) is 18.6 Å². The third kappa shape index (κ3) is 4.00. The first-order valence-electron chi connectivity index (χ1n) is 5.92. The molecule has 0 radical (unpaired) electrons. The van der Waals surface area contributed by atoms with Crippen molar-refractivity contribution in [3.63, 3.8) is 0 Å². The van der Waals surface area contributed by atoms with Crippen LogP contribution in [0.15, 0.2) is 40.3 Å². The summed E-state index contributed by atoms with van der Waals surface area (Å²) < 4.78 is 24.0. The van der Waals surface area contributed by atoms with Crippen LogP contribution >= 0.6 is 34.8 Å². The Hall–Kier alpha value is -1.67. The number of phenolic OH excluding ortho intramolecular Hbond substituents is 2. The number of hydrazone groups is 1. The van der Waals surface area contributed by atoms with Crippen molar-refractivity contribution in [3.8, 4) is 11.5 Å². The smallest absolute Gasteiger partial charge is 0.276 e. The topological polar surface area (TPSA) is 99.0 Å². The van der Waals surface area contributed by atoms with Crippen molar-refractivity contribution in [1.29, 1.82) is 0 Å². The summed E-state index contributed by atoms with van der Waals surface area (Å²) in [6.07, 6.45) is 1.00. The maximum absolute atomic E-state index is 12.0. The molecule has 2 rings (SSSR count). The zero-order valence-electron chi connectivity index (χ0n) is 11.2. The molecule has 0 unspecified atom stereocenters. The van der Waals surface area contributed by atoms with Gasteiger partial charge in [-0.1, -0.05) is 34.8 Å². The Morgan fingerprint density at radius 3 is 2.26 bits per heavy atom. The fourth-order valence-electron chi connectivity index (χ4n) is 1.55. The van der Waals surface area contributed by atoms with Crippen molar-refractivity contribution in [2.75, 3.05) is 0 Å². The summed E-state index contributed by atoms with van der Waals surface area (Å²) in [5.41, 5.74) is 0.0246. The molecule has 6 nitrogen and oxygen atoms in total. The van der Waals surface area contributed by atoms with Gasteiger partial charge in [-0.05, 0) is 30.3 Å². The average Bonchev–Trinajstić information content (AvgIpc) is 2.50. The molecule has 0 aliphatic rings. The lowest BCUT2D eigenvalue weighted by molar-refractivity contribution is 0.450. The maximum atomic E-state index is 12.0. The summed E-state index contributed by atoms with van der Waals surface area (Å²) in [4.78, 5) is 1.93. The average molecular weight is 396 g/mol. The quantitative estimate of drug-likeness (QED) is 0.546. The minimum atomic E-state index is -3.89. The van der Waals surface area contributed by atoms with Crippen molar-refractivity contribution in [2.45, 2.75) is 4.90 Å². The van der Waals surface area contributed by atoms with Crippen LogP contribution in [0.5, 0.6) is 11.5 Å². The summed E-state index contributed by atoms with van der Waals surface area (Å²) in [7, 11) is -3.89. The highest BCUT2D eigenvalue weighted by molar-refractivity contribution is 7.89. The lowest BCUT2D eigenvalue weighted by Gasteiger charge is -2.06. The predicted octanol–water partition coefficient (Wildman–Crippen LogP) is 3.37. The molecule has 0 atom stereocenters. The normalized spacial score (nSPS) is 11.8. The SMILES string of the molecule is O=S(=O)(N/N=C/c1cc(Cl)c(O)c(Cl)c1O)c1ccc(Cl)cc1. The van der Waals surface area contributed by atoms with E-state index in [2.05, 4.69) is 5.10 Å². The summed E-state index contributed by atoms with van der Waals surface area (Å²) in [5, 5.41) is 22.6. The highest BCUT2D eigenvalue weighted by Crippen LogP contribution is 2.40. The zero-order chi connectivity index (χ0) is 17.2. The second-order valence-corrected chi connectivity index (χ2v) is 7.15. The molecule has 0 amide bonds. The first-order chi connectivity index (χ1) is 10.7. The number of hydrogen-bond acceptors (Lipinski definition) is 5. The fourth-order valence-corrected chi connectivity index (χ4v) is 2.94. The molecule has 0 bridgehead atoms. The standard InChI is InChI=1S/C13H9Cl3N2O4S/c14-8-1-3-9(4-2-8)23(21,22)18-17-6-7-5-10(15)13(20)11(16)12(7)19/h1-6,18-20H/b17-6+. The van der Waals surface area contributed by atoms with Crippen LogP contribution in [0.25, 0.3) is 0 Å². The number of benzene rings is 2. The van der Waals surface area contributed by atoms with Gasteiger partial charge in [-0.3, -0.25) is 0 Å². The number of nitrogens with zero attached hydrogens (tertiary/aromatic N) is 1. The van der Waals surface area contributed by atoms with Crippen LogP contribution < -0.4 is 4.83 Å². The van der Waals surface area contributed by atoms with Gasteiger partial charge in [0.2, 0.25) is 0 Å². The molecular weight excluding hydrogens is 387 g/mol. The van der Waals surface area contributed by atoms with E-state index in [-0.39, 0.29) is 20.5 Å². The minimum absolute atomic E-state index is 0.0246. The Labute approximate surface area is 147 Å². The molecule has 0 saturated carbocycles. The van der Waals surface area contributed by atoms with E-state index in [1.54, 1.807) is 0 Å². The van der Waals surface area contributed by atoms with Gasteiger partial charge in [0, 0.05) is 10.6 Å². The van der Waals surface area contributed by atoms with Crippen LogP contribution in [0.3, 0.4) is 0 Å². The number of rotatable bonds is 4. The molecule has 10 heteroatoms. The molecule has 122 valence electrons. The van der Waals surface area contributed by atoms with Gasteiger partial charge in [-0.2, -0.15) is 13.5 Å². The summed E-state index contributed by atoms with van der Waals surface area (Å²) in [6, 6.07) is 6.65. The lowest BCUT2D eigenvalue weighted by Crippen LogP contribution is -2.18.